The fraction of sp³-hybridized carbons (Fsp3) is 0.278. The minimum Gasteiger partial charge on any atom is -0.319 e. The molecule has 1 aliphatic rings. The van der Waals surface area contributed by atoms with Crippen LogP contribution in [0.4, 0.5) is 0 Å². The highest BCUT2D eigenvalue weighted by molar-refractivity contribution is 7.89. The Balaban J connectivity index is 2.04. The van der Waals surface area contributed by atoms with Gasteiger partial charge >= 0.3 is 0 Å². The van der Waals surface area contributed by atoms with E-state index in [-0.39, 0.29) is 23.2 Å². The molecule has 5 nitrogen and oxygen atoms in total. The number of benzene rings is 2. The van der Waals surface area contributed by atoms with Crippen LogP contribution in [0.2, 0.25) is 0 Å². The van der Waals surface area contributed by atoms with Crippen molar-refractivity contribution in [2.45, 2.75) is 18.0 Å². The molecule has 3 rings (SSSR count). The van der Waals surface area contributed by atoms with Gasteiger partial charge in [-0.25, -0.2) is 8.42 Å². The Morgan fingerprint density at radius 2 is 1.72 bits per heavy atom. The van der Waals surface area contributed by atoms with Gasteiger partial charge in [0, 0.05) is 13.1 Å². The van der Waals surface area contributed by atoms with Crippen molar-refractivity contribution < 1.29 is 13.2 Å². The predicted molar refractivity (Wildman–Crippen MR) is 96.7 cm³/mol. The fourth-order valence-electron chi connectivity index (χ4n) is 3.01. The van der Waals surface area contributed by atoms with E-state index in [0.717, 1.165) is 11.1 Å². The molecule has 0 aromatic heterocycles. The van der Waals surface area contributed by atoms with Gasteiger partial charge in [-0.1, -0.05) is 48.0 Å². The molecule has 2 aromatic rings. The molecule has 0 bridgehead atoms. The van der Waals surface area contributed by atoms with E-state index in [9.17, 15) is 13.2 Å². The minimum absolute atomic E-state index is 0.179. The highest BCUT2D eigenvalue weighted by atomic mass is 35.5. The number of alkyl halides is 1. The number of carbonyl (C=O) groups excluding carboxylic acids is 1. The molecule has 1 heterocycles. The monoisotopic (exact) mass is 378 g/mol. The van der Waals surface area contributed by atoms with Gasteiger partial charge in [0.25, 0.3) is 0 Å². The lowest BCUT2D eigenvalue weighted by Gasteiger charge is -2.29. The number of aryl methyl sites for hydroxylation is 1. The summed E-state index contributed by atoms with van der Waals surface area (Å²) in [6.45, 7) is 2.45. The largest absolute Gasteiger partial charge is 0.319 e. The fourth-order valence-corrected chi connectivity index (χ4v) is 4.74. The normalized spacial score (nSPS) is 18.5. The number of hydrogen-bond acceptors (Lipinski definition) is 3. The van der Waals surface area contributed by atoms with E-state index < -0.39 is 16.2 Å². The Bertz CT molecular complexity index is 854. The zero-order valence-corrected chi connectivity index (χ0v) is 15.4. The molecule has 132 valence electrons. The molecule has 0 spiro atoms. The van der Waals surface area contributed by atoms with Gasteiger partial charge in [0.1, 0.15) is 12.0 Å². The molecule has 1 atom stereocenters. The summed E-state index contributed by atoms with van der Waals surface area (Å²) in [5.74, 6) is -0.459. The number of rotatable bonds is 4. The van der Waals surface area contributed by atoms with Crippen LogP contribution in [0.5, 0.6) is 0 Å². The van der Waals surface area contributed by atoms with Crippen LogP contribution in [0.25, 0.3) is 0 Å². The predicted octanol–water partition coefficient (Wildman–Crippen LogP) is 2.77. The van der Waals surface area contributed by atoms with Crippen LogP contribution in [-0.4, -0.2) is 42.5 Å². The van der Waals surface area contributed by atoms with Gasteiger partial charge in [-0.15, -0.1) is 11.6 Å². The molecule has 1 aliphatic heterocycles. The molecular formula is C18H19ClN2O3S. The van der Waals surface area contributed by atoms with Gasteiger partial charge in [0.15, 0.2) is 0 Å². The van der Waals surface area contributed by atoms with Crippen molar-refractivity contribution in [3.05, 3.63) is 65.7 Å². The Labute approximate surface area is 152 Å². The van der Waals surface area contributed by atoms with Gasteiger partial charge in [0.05, 0.1) is 4.90 Å². The van der Waals surface area contributed by atoms with Crippen LogP contribution >= 0.6 is 11.6 Å². The van der Waals surface area contributed by atoms with Crippen LogP contribution in [0, 0.1) is 6.92 Å². The molecule has 1 fully saturated rings. The van der Waals surface area contributed by atoms with Crippen molar-refractivity contribution in [2.75, 3.05) is 19.0 Å². The van der Waals surface area contributed by atoms with E-state index in [1.54, 1.807) is 24.3 Å². The van der Waals surface area contributed by atoms with Crippen molar-refractivity contribution in [2.24, 2.45) is 0 Å². The quantitative estimate of drug-likeness (QED) is 0.769. The molecular weight excluding hydrogens is 360 g/mol. The second kappa shape index (κ2) is 7.15. The van der Waals surface area contributed by atoms with Gasteiger partial charge < -0.3 is 4.90 Å². The average molecular weight is 379 g/mol. The molecule has 1 unspecified atom stereocenters. The second-order valence-corrected chi connectivity index (χ2v) is 8.09. The van der Waals surface area contributed by atoms with Crippen molar-refractivity contribution in [3.63, 3.8) is 0 Å². The lowest BCUT2D eigenvalue weighted by atomic mass is 10.1. The Morgan fingerprint density at radius 3 is 2.32 bits per heavy atom. The van der Waals surface area contributed by atoms with Crippen LogP contribution < -0.4 is 0 Å². The molecule has 0 saturated carbocycles. The maximum atomic E-state index is 13.1. The van der Waals surface area contributed by atoms with E-state index in [2.05, 4.69) is 0 Å². The summed E-state index contributed by atoms with van der Waals surface area (Å²) >= 11 is 5.72. The van der Waals surface area contributed by atoms with Crippen LogP contribution in [0.15, 0.2) is 59.5 Å². The maximum Gasteiger partial charge on any atom is 0.245 e. The first-order valence-electron chi connectivity index (χ1n) is 7.94. The smallest absolute Gasteiger partial charge is 0.245 e. The number of amides is 1. The third-order valence-electron chi connectivity index (χ3n) is 4.29. The van der Waals surface area contributed by atoms with Crippen molar-refractivity contribution >= 4 is 27.5 Å². The van der Waals surface area contributed by atoms with Crippen LogP contribution in [0.3, 0.4) is 0 Å². The average Bonchev–Trinajstić information content (AvgIpc) is 3.08. The van der Waals surface area contributed by atoms with Crippen molar-refractivity contribution in [1.82, 2.24) is 9.21 Å². The molecule has 2 aromatic carbocycles. The summed E-state index contributed by atoms with van der Waals surface area (Å²) in [6, 6.07) is 15.9. The van der Waals surface area contributed by atoms with Gasteiger partial charge in [-0.3, -0.25) is 4.79 Å². The zero-order valence-electron chi connectivity index (χ0n) is 13.8. The van der Waals surface area contributed by atoms with Gasteiger partial charge in [-0.05, 0) is 24.6 Å². The van der Waals surface area contributed by atoms with Crippen LogP contribution in [0.1, 0.15) is 17.3 Å². The molecule has 1 amide bonds. The molecule has 1 saturated heterocycles. The Morgan fingerprint density at radius 1 is 1.08 bits per heavy atom. The van der Waals surface area contributed by atoms with E-state index in [0.29, 0.717) is 6.54 Å². The lowest BCUT2D eigenvalue weighted by molar-refractivity contribution is -0.130. The molecule has 7 heteroatoms. The number of carbonyl (C=O) groups is 1. The summed E-state index contributed by atoms with van der Waals surface area (Å²) in [7, 11) is -3.73. The van der Waals surface area contributed by atoms with Gasteiger partial charge in [0.2, 0.25) is 15.9 Å². The summed E-state index contributed by atoms with van der Waals surface area (Å²) in [4.78, 5) is 14.0. The van der Waals surface area contributed by atoms with Crippen molar-refractivity contribution in [1.29, 1.82) is 0 Å². The topological polar surface area (TPSA) is 57.7 Å². The number of hydrogen-bond donors (Lipinski definition) is 0. The molecule has 0 radical (unpaired) electrons. The van der Waals surface area contributed by atoms with E-state index >= 15 is 0 Å². The van der Waals surface area contributed by atoms with E-state index in [1.807, 2.05) is 37.3 Å². The number of nitrogens with zero attached hydrogens (tertiary/aromatic N) is 2. The third kappa shape index (κ3) is 3.42. The SMILES string of the molecule is Cc1ccc(S(=O)(=O)N2CCN(C(=O)CCl)C2c2ccccc2)cc1. The van der Waals surface area contributed by atoms with E-state index in [4.69, 9.17) is 11.6 Å². The molecule has 0 N–H and O–H groups in total. The molecule has 0 aliphatic carbocycles. The third-order valence-corrected chi connectivity index (χ3v) is 6.39. The zero-order chi connectivity index (χ0) is 18.0. The second-order valence-electron chi connectivity index (χ2n) is 5.93. The summed E-state index contributed by atoms with van der Waals surface area (Å²) in [5, 5.41) is 0. The first-order chi connectivity index (χ1) is 11.9. The summed E-state index contributed by atoms with van der Waals surface area (Å²) in [6.07, 6.45) is -0.682. The molecule has 25 heavy (non-hydrogen) atoms. The highest BCUT2D eigenvalue weighted by Gasteiger charge is 2.42. The standard InChI is InChI=1S/C18H19ClN2O3S/c1-14-7-9-16(10-8-14)25(23,24)21-12-11-20(17(22)13-19)18(21)15-5-3-2-4-6-15/h2-10,18H,11-13H2,1H3. The summed E-state index contributed by atoms with van der Waals surface area (Å²) < 4.78 is 27.7. The van der Waals surface area contributed by atoms with Crippen molar-refractivity contribution in [3.8, 4) is 0 Å². The number of halogens is 1. The minimum atomic E-state index is -3.73. The first-order valence-corrected chi connectivity index (χ1v) is 9.91. The summed E-state index contributed by atoms with van der Waals surface area (Å²) in [5.41, 5.74) is 1.73. The lowest BCUT2D eigenvalue weighted by Crippen LogP contribution is -2.38. The van der Waals surface area contributed by atoms with Crippen LogP contribution in [-0.2, 0) is 14.8 Å². The number of sulfonamides is 1. The highest BCUT2D eigenvalue weighted by Crippen LogP contribution is 2.35. The van der Waals surface area contributed by atoms with Gasteiger partial charge in [-0.2, -0.15) is 4.31 Å². The maximum absolute atomic E-state index is 13.1. The van der Waals surface area contributed by atoms with E-state index in [1.165, 1.54) is 9.21 Å². The Hall–Kier alpha value is -1.89. The Kier molecular flexibility index (Phi) is 5.13. The first kappa shape index (κ1) is 17.9.